The maximum atomic E-state index is 12.8. The summed E-state index contributed by atoms with van der Waals surface area (Å²) < 4.78 is 21.9. The molecule has 3 aliphatic rings. The van der Waals surface area contributed by atoms with Crippen LogP contribution in [0.15, 0.2) is 69.9 Å². The molecule has 2 unspecified atom stereocenters. The predicted octanol–water partition coefficient (Wildman–Crippen LogP) is 10.3. The van der Waals surface area contributed by atoms with E-state index in [1.165, 1.54) is 33.4 Å². The van der Waals surface area contributed by atoms with Crippen molar-refractivity contribution < 1.29 is 38.1 Å². The van der Waals surface area contributed by atoms with Gasteiger partial charge in [0.1, 0.15) is 26.4 Å². The van der Waals surface area contributed by atoms with Gasteiger partial charge < -0.3 is 33.6 Å². The summed E-state index contributed by atoms with van der Waals surface area (Å²) in [5.74, 6) is -1.48. The Morgan fingerprint density at radius 3 is 1.45 bits per heavy atom. The molecule has 366 valence electrons. The standard InChI is InChI=1S/C54H87N3O8/c1-43(2)13-8-15-45(5)17-10-19-47-21-25-49(26-22-47)53(60)64-41-39-62-51(58)29-33-56(31-12-32-57-37-35-55(7)36-38-57)34-30-52(59)63-40-42-65-54(61)50-27-23-48(24-28-50)20-11-18-46(6)16-9-14-44(3)4/h13-14,17-18,21,23,49-50H,8-12,15-16,19-20,22,24-42H2,1-7H3/b45-17+,46-18+. The van der Waals surface area contributed by atoms with Crippen LogP contribution in [0, 0.1) is 11.8 Å². The molecule has 3 rings (SSSR count). The van der Waals surface area contributed by atoms with Gasteiger partial charge in [-0.1, -0.05) is 69.9 Å². The Bertz CT molecular complexity index is 1540. The van der Waals surface area contributed by atoms with Crippen LogP contribution in [0.2, 0.25) is 0 Å². The van der Waals surface area contributed by atoms with Gasteiger partial charge in [0, 0.05) is 39.3 Å². The second kappa shape index (κ2) is 32.8. The molecule has 65 heavy (non-hydrogen) atoms. The van der Waals surface area contributed by atoms with E-state index in [1.807, 2.05) is 0 Å². The van der Waals surface area contributed by atoms with Gasteiger partial charge in [-0.25, -0.2) is 0 Å². The molecule has 11 heteroatoms. The molecular formula is C54H87N3O8. The van der Waals surface area contributed by atoms with Crippen LogP contribution >= 0.6 is 0 Å². The minimum Gasteiger partial charge on any atom is -0.462 e. The van der Waals surface area contributed by atoms with Gasteiger partial charge in [-0.15, -0.1) is 0 Å². The van der Waals surface area contributed by atoms with Gasteiger partial charge in [0.15, 0.2) is 0 Å². The van der Waals surface area contributed by atoms with Gasteiger partial charge in [0.2, 0.25) is 0 Å². The number of hydrogen-bond donors (Lipinski definition) is 0. The number of carbonyl (C=O) groups excluding carboxylic acids is 4. The van der Waals surface area contributed by atoms with Crippen molar-refractivity contribution in [2.45, 2.75) is 151 Å². The molecule has 0 bridgehead atoms. The van der Waals surface area contributed by atoms with Gasteiger partial charge in [0.25, 0.3) is 0 Å². The van der Waals surface area contributed by atoms with Crippen LogP contribution in [0.25, 0.3) is 0 Å². The van der Waals surface area contributed by atoms with E-state index in [-0.39, 0.29) is 75.0 Å². The summed E-state index contributed by atoms with van der Waals surface area (Å²) in [4.78, 5) is 57.9. The van der Waals surface area contributed by atoms with Gasteiger partial charge in [-0.3, -0.25) is 19.2 Å². The zero-order valence-electron chi connectivity index (χ0n) is 41.7. The molecule has 11 nitrogen and oxygen atoms in total. The number of ether oxygens (including phenoxy) is 4. The van der Waals surface area contributed by atoms with Gasteiger partial charge in [-0.05, 0) is 158 Å². The highest BCUT2D eigenvalue weighted by molar-refractivity contribution is 5.73. The lowest BCUT2D eigenvalue weighted by molar-refractivity contribution is -0.155. The molecule has 0 aromatic heterocycles. The van der Waals surface area contributed by atoms with E-state index in [0.717, 1.165) is 123 Å². The number of piperazine rings is 1. The number of nitrogens with zero attached hydrogens (tertiary/aromatic N) is 3. The number of esters is 4. The van der Waals surface area contributed by atoms with Crippen LogP contribution in [-0.4, -0.2) is 124 Å². The van der Waals surface area contributed by atoms with E-state index >= 15 is 0 Å². The largest absolute Gasteiger partial charge is 0.462 e. The SMILES string of the molecule is CC(C)=CCC/C(C)=C/CCC1=CCC(C(=O)OCCOC(=O)CCN(CCCN2CCN(C)CC2)CCC(=O)OCCOC(=O)C2CC=C(CC/C=C(\C)CCC=C(C)C)CC2)CC1. The van der Waals surface area contributed by atoms with Crippen LogP contribution in [-0.2, 0) is 38.1 Å². The van der Waals surface area contributed by atoms with Crippen molar-refractivity contribution in [3.8, 4) is 0 Å². The molecular weight excluding hydrogens is 819 g/mol. The zero-order chi connectivity index (χ0) is 47.2. The summed E-state index contributed by atoms with van der Waals surface area (Å²) in [5.41, 5.74) is 8.41. The summed E-state index contributed by atoms with van der Waals surface area (Å²) in [6.07, 6.45) is 28.2. The number of allylic oxidation sites excluding steroid dienone is 12. The maximum Gasteiger partial charge on any atom is 0.309 e. The van der Waals surface area contributed by atoms with Gasteiger partial charge in [-0.2, -0.15) is 0 Å². The van der Waals surface area contributed by atoms with Gasteiger partial charge in [0.05, 0.1) is 24.7 Å². The number of hydrogen-bond acceptors (Lipinski definition) is 11. The fourth-order valence-corrected chi connectivity index (χ4v) is 8.45. The second-order valence-corrected chi connectivity index (χ2v) is 19.1. The quantitative estimate of drug-likeness (QED) is 0.0297. The molecule has 2 aliphatic carbocycles. The highest BCUT2D eigenvalue weighted by atomic mass is 16.6. The van der Waals surface area contributed by atoms with Crippen molar-refractivity contribution in [3.05, 3.63) is 69.9 Å². The molecule has 0 aromatic rings. The molecule has 0 amide bonds. The number of rotatable bonds is 30. The van der Waals surface area contributed by atoms with Crippen LogP contribution < -0.4 is 0 Å². The molecule has 0 spiro atoms. The topological polar surface area (TPSA) is 115 Å². The Kier molecular flexibility index (Phi) is 28.0. The Balaban J connectivity index is 1.31. The molecule has 1 saturated heterocycles. The first-order valence-electron chi connectivity index (χ1n) is 25.0. The third kappa shape index (κ3) is 26.2. The first-order chi connectivity index (χ1) is 31.3. The van der Waals surface area contributed by atoms with E-state index in [1.54, 1.807) is 0 Å². The molecule has 0 radical (unpaired) electrons. The van der Waals surface area contributed by atoms with Crippen molar-refractivity contribution in [1.29, 1.82) is 0 Å². The Labute approximate surface area is 393 Å². The Hall–Kier alpha value is -3.80. The number of carbonyl (C=O) groups is 4. The monoisotopic (exact) mass is 906 g/mol. The lowest BCUT2D eigenvalue weighted by Crippen LogP contribution is -2.45. The Morgan fingerprint density at radius 2 is 1.03 bits per heavy atom. The molecule has 0 N–H and O–H groups in total. The molecule has 0 saturated carbocycles. The third-order valence-corrected chi connectivity index (χ3v) is 12.8. The van der Waals surface area contributed by atoms with E-state index < -0.39 is 0 Å². The van der Waals surface area contributed by atoms with E-state index in [2.05, 4.69) is 99.7 Å². The highest BCUT2D eigenvalue weighted by Crippen LogP contribution is 2.29. The fraction of sp³-hybridized carbons (Fsp3) is 0.704. The van der Waals surface area contributed by atoms with Crippen molar-refractivity contribution in [1.82, 2.24) is 14.7 Å². The minimum atomic E-state index is -0.362. The summed E-state index contributed by atoms with van der Waals surface area (Å²) in [6.45, 7) is 19.8. The third-order valence-electron chi connectivity index (χ3n) is 12.8. The zero-order valence-corrected chi connectivity index (χ0v) is 41.7. The predicted molar refractivity (Wildman–Crippen MR) is 262 cm³/mol. The summed E-state index contributed by atoms with van der Waals surface area (Å²) in [6, 6.07) is 0. The lowest BCUT2D eigenvalue weighted by atomic mass is 9.87. The Morgan fingerprint density at radius 1 is 0.585 bits per heavy atom. The first kappa shape index (κ1) is 55.5. The van der Waals surface area contributed by atoms with Crippen LogP contribution in [0.5, 0.6) is 0 Å². The van der Waals surface area contributed by atoms with Crippen molar-refractivity contribution >= 4 is 23.9 Å². The van der Waals surface area contributed by atoms with Crippen molar-refractivity contribution in [3.63, 3.8) is 0 Å². The van der Waals surface area contributed by atoms with Crippen LogP contribution in [0.4, 0.5) is 0 Å². The summed E-state index contributed by atoms with van der Waals surface area (Å²) in [7, 11) is 2.14. The average Bonchev–Trinajstić information content (AvgIpc) is 3.28. The van der Waals surface area contributed by atoms with Crippen LogP contribution in [0.3, 0.4) is 0 Å². The molecule has 2 atom stereocenters. The smallest absolute Gasteiger partial charge is 0.309 e. The molecule has 1 aliphatic heterocycles. The summed E-state index contributed by atoms with van der Waals surface area (Å²) in [5, 5.41) is 0. The van der Waals surface area contributed by atoms with E-state index in [9.17, 15) is 19.2 Å². The normalized spacial score (nSPS) is 18.6. The van der Waals surface area contributed by atoms with E-state index in [0.29, 0.717) is 25.9 Å². The van der Waals surface area contributed by atoms with Crippen molar-refractivity contribution in [2.75, 3.05) is 85.8 Å². The highest BCUT2D eigenvalue weighted by Gasteiger charge is 2.24. The summed E-state index contributed by atoms with van der Waals surface area (Å²) >= 11 is 0. The van der Waals surface area contributed by atoms with Crippen LogP contribution in [0.1, 0.15) is 151 Å². The molecule has 1 fully saturated rings. The number of likely N-dealkylation sites (N-methyl/N-ethyl adjacent to an activating group) is 1. The second-order valence-electron chi connectivity index (χ2n) is 19.1. The fourth-order valence-electron chi connectivity index (χ4n) is 8.45. The average molecular weight is 906 g/mol. The van der Waals surface area contributed by atoms with Crippen molar-refractivity contribution in [2.24, 2.45) is 11.8 Å². The minimum absolute atomic E-state index is 0.0194. The van der Waals surface area contributed by atoms with E-state index in [4.69, 9.17) is 18.9 Å². The molecule has 1 heterocycles. The maximum absolute atomic E-state index is 12.8. The van der Waals surface area contributed by atoms with Gasteiger partial charge >= 0.3 is 23.9 Å². The first-order valence-corrected chi connectivity index (χ1v) is 25.0. The lowest BCUT2D eigenvalue weighted by Gasteiger charge is -2.33. The molecule has 0 aromatic carbocycles.